The van der Waals surface area contributed by atoms with Crippen molar-refractivity contribution < 1.29 is 4.52 Å². The van der Waals surface area contributed by atoms with Crippen molar-refractivity contribution in [3.63, 3.8) is 0 Å². The number of nitrogens with two attached hydrogens (primary N) is 1. The van der Waals surface area contributed by atoms with Gasteiger partial charge in [0.05, 0.1) is 11.3 Å². The second kappa shape index (κ2) is 2.85. The van der Waals surface area contributed by atoms with Crippen molar-refractivity contribution in [1.82, 2.24) is 15.1 Å². The highest BCUT2D eigenvalue weighted by molar-refractivity contribution is 5.68. The number of nitrogens with zero attached hydrogens (tertiary/aromatic N) is 3. The van der Waals surface area contributed by atoms with Crippen LogP contribution in [0.1, 0.15) is 5.69 Å². The summed E-state index contributed by atoms with van der Waals surface area (Å²) in [6, 6.07) is 1.79. The van der Waals surface area contributed by atoms with Crippen molar-refractivity contribution in [2.24, 2.45) is 0 Å². The third-order valence-corrected chi connectivity index (χ3v) is 1.64. The maximum absolute atomic E-state index is 5.62. The van der Waals surface area contributed by atoms with E-state index in [0.717, 1.165) is 5.69 Å². The number of hydrogen-bond donors (Lipinski definition) is 1. The van der Waals surface area contributed by atoms with Gasteiger partial charge < -0.3 is 10.3 Å². The number of anilines is 1. The van der Waals surface area contributed by atoms with Crippen LogP contribution in [0.3, 0.4) is 0 Å². The fraction of sp³-hybridized carbons (Fsp3) is 0.125. The van der Waals surface area contributed by atoms with Crippen LogP contribution in [0.5, 0.6) is 0 Å². The Labute approximate surface area is 74.6 Å². The molecule has 2 aromatic rings. The monoisotopic (exact) mass is 176 g/mol. The zero-order valence-corrected chi connectivity index (χ0v) is 7.06. The Kier molecular flexibility index (Phi) is 1.70. The Morgan fingerprint density at radius 3 is 2.92 bits per heavy atom. The molecule has 5 nitrogen and oxygen atoms in total. The topological polar surface area (TPSA) is 77.8 Å². The average molecular weight is 176 g/mol. The lowest BCUT2D eigenvalue weighted by molar-refractivity contribution is 0.427. The summed E-state index contributed by atoms with van der Waals surface area (Å²) in [5, 5.41) is 3.75. The highest BCUT2D eigenvalue weighted by Crippen LogP contribution is 2.22. The van der Waals surface area contributed by atoms with Gasteiger partial charge in [0.25, 0.3) is 0 Å². The molecule has 2 aromatic heterocycles. The minimum absolute atomic E-state index is 0.395. The SMILES string of the molecule is Cc1cc(-c2cncnc2N)on1. The minimum Gasteiger partial charge on any atom is -0.383 e. The Balaban J connectivity index is 2.52. The zero-order valence-electron chi connectivity index (χ0n) is 7.06. The van der Waals surface area contributed by atoms with E-state index in [-0.39, 0.29) is 0 Å². The van der Waals surface area contributed by atoms with Gasteiger partial charge in [-0.05, 0) is 6.92 Å². The molecule has 0 unspecified atom stereocenters. The molecule has 0 saturated carbocycles. The normalized spacial score (nSPS) is 10.2. The molecule has 0 radical (unpaired) electrons. The molecule has 0 fully saturated rings. The van der Waals surface area contributed by atoms with Crippen molar-refractivity contribution in [2.75, 3.05) is 5.73 Å². The van der Waals surface area contributed by atoms with Crippen LogP contribution in [0.15, 0.2) is 23.1 Å². The first-order valence-electron chi connectivity index (χ1n) is 3.76. The van der Waals surface area contributed by atoms with Crippen molar-refractivity contribution >= 4 is 5.82 Å². The summed E-state index contributed by atoms with van der Waals surface area (Å²) in [5.41, 5.74) is 7.10. The summed E-state index contributed by atoms with van der Waals surface area (Å²) in [6.07, 6.45) is 2.99. The van der Waals surface area contributed by atoms with E-state index in [0.29, 0.717) is 17.1 Å². The summed E-state index contributed by atoms with van der Waals surface area (Å²) < 4.78 is 5.02. The van der Waals surface area contributed by atoms with Crippen LogP contribution in [-0.4, -0.2) is 15.1 Å². The third-order valence-electron chi connectivity index (χ3n) is 1.64. The van der Waals surface area contributed by atoms with Crippen molar-refractivity contribution in [2.45, 2.75) is 6.92 Å². The van der Waals surface area contributed by atoms with Gasteiger partial charge in [-0.3, -0.25) is 0 Å². The van der Waals surface area contributed by atoms with Crippen LogP contribution in [0.2, 0.25) is 0 Å². The number of nitrogen functional groups attached to an aromatic ring is 1. The van der Waals surface area contributed by atoms with E-state index in [1.807, 2.05) is 6.92 Å². The highest BCUT2D eigenvalue weighted by Gasteiger charge is 2.08. The molecule has 66 valence electrons. The molecule has 2 rings (SSSR count). The molecule has 0 spiro atoms. The molecule has 0 saturated heterocycles. The van der Waals surface area contributed by atoms with Crippen molar-refractivity contribution in [1.29, 1.82) is 0 Å². The smallest absolute Gasteiger partial charge is 0.172 e. The molecule has 0 aliphatic heterocycles. The molecule has 0 aromatic carbocycles. The van der Waals surface area contributed by atoms with Gasteiger partial charge in [0.1, 0.15) is 12.1 Å². The molecule has 0 amide bonds. The van der Waals surface area contributed by atoms with Gasteiger partial charge in [0.15, 0.2) is 5.76 Å². The Hall–Kier alpha value is -1.91. The van der Waals surface area contributed by atoms with Crippen molar-refractivity contribution in [3.05, 3.63) is 24.3 Å². The number of aromatic nitrogens is 3. The summed E-state index contributed by atoms with van der Waals surface area (Å²) in [6.45, 7) is 1.84. The van der Waals surface area contributed by atoms with Crippen LogP contribution in [0, 0.1) is 6.92 Å². The van der Waals surface area contributed by atoms with Gasteiger partial charge >= 0.3 is 0 Å². The van der Waals surface area contributed by atoms with Gasteiger partial charge in [-0.2, -0.15) is 0 Å². The van der Waals surface area contributed by atoms with Crippen molar-refractivity contribution in [3.8, 4) is 11.3 Å². The van der Waals surface area contributed by atoms with E-state index < -0.39 is 0 Å². The van der Waals surface area contributed by atoms with Gasteiger partial charge in [-0.1, -0.05) is 5.16 Å². The van der Waals surface area contributed by atoms with Crippen LogP contribution < -0.4 is 5.73 Å². The van der Waals surface area contributed by atoms with E-state index >= 15 is 0 Å². The molecular formula is C8H8N4O. The summed E-state index contributed by atoms with van der Waals surface area (Å²) in [7, 11) is 0. The summed E-state index contributed by atoms with van der Waals surface area (Å²) >= 11 is 0. The second-order valence-corrected chi connectivity index (χ2v) is 2.65. The highest BCUT2D eigenvalue weighted by atomic mass is 16.5. The second-order valence-electron chi connectivity index (χ2n) is 2.65. The number of rotatable bonds is 1. The molecule has 13 heavy (non-hydrogen) atoms. The first kappa shape index (κ1) is 7.72. The molecule has 5 heteroatoms. The lowest BCUT2D eigenvalue weighted by Gasteiger charge is -1.96. The standard InChI is InChI=1S/C8H8N4O/c1-5-2-7(13-12-5)6-3-10-4-11-8(6)9/h2-4H,1H3,(H2,9,10,11). The van der Waals surface area contributed by atoms with Crippen LogP contribution in [-0.2, 0) is 0 Å². The minimum atomic E-state index is 0.395. The molecule has 2 N–H and O–H groups in total. The zero-order chi connectivity index (χ0) is 9.26. The molecule has 0 bridgehead atoms. The first-order chi connectivity index (χ1) is 6.27. The van der Waals surface area contributed by atoms with E-state index in [4.69, 9.17) is 10.3 Å². The van der Waals surface area contributed by atoms with Gasteiger partial charge in [-0.15, -0.1) is 0 Å². The fourth-order valence-corrected chi connectivity index (χ4v) is 1.02. The maximum Gasteiger partial charge on any atom is 0.172 e. The lowest BCUT2D eigenvalue weighted by Crippen LogP contribution is -1.93. The van der Waals surface area contributed by atoms with Crippen LogP contribution in [0.4, 0.5) is 5.82 Å². The average Bonchev–Trinajstić information content (AvgIpc) is 2.53. The predicted octanol–water partition coefficient (Wildman–Crippen LogP) is 1.02. The Morgan fingerprint density at radius 2 is 2.31 bits per heavy atom. The van der Waals surface area contributed by atoms with Crippen LogP contribution in [0.25, 0.3) is 11.3 Å². The Bertz CT molecular complexity index is 424. The molecule has 0 aliphatic carbocycles. The number of aryl methyl sites for hydroxylation is 1. The molecule has 0 atom stereocenters. The van der Waals surface area contributed by atoms with E-state index in [9.17, 15) is 0 Å². The molecule has 0 aliphatic rings. The number of hydrogen-bond acceptors (Lipinski definition) is 5. The van der Waals surface area contributed by atoms with E-state index in [2.05, 4.69) is 15.1 Å². The molecular weight excluding hydrogens is 168 g/mol. The fourth-order valence-electron chi connectivity index (χ4n) is 1.02. The summed E-state index contributed by atoms with van der Waals surface area (Å²) in [5.74, 6) is 0.988. The van der Waals surface area contributed by atoms with Gasteiger partial charge in [0.2, 0.25) is 0 Å². The summed E-state index contributed by atoms with van der Waals surface area (Å²) in [4.78, 5) is 7.70. The Morgan fingerprint density at radius 1 is 1.46 bits per heavy atom. The van der Waals surface area contributed by atoms with Gasteiger partial charge in [-0.25, -0.2) is 9.97 Å². The van der Waals surface area contributed by atoms with Gasteiger partial charge in [0, 0.05) is 12.3 Å². The van der Waals surface area contributed by atoms with Crippen LogP contribution >= 0.6 is 0 Å². The quantitative estimate of drug-likeness (QED) is 0.701. The maximum atomic E-state index is 5.62. The lowest BCUT2D eigenvalue weighted by atomic mass is 10.2. The largest absolute Gasteiger partial charge is 0.383 e. The van der Waals surface area contributed by atoms with E-state index in [1.165, 1.54) is 6.33 Å². The van der Waals surface area contributed by atoms with E-state index in [1.54, 1.807) is 12.3 Å². The first-order valence-corrected chi connectivity index (χ1v) is 3.76. The molecule has 2 heterocycles. The predicted molar refractivity (Wildman–Crippen MR) is 46.7 cm³/mol. The third kappa shape index (κ3) is 1.35.